The lowest BCUT2D eigenvalue weighted by Gasteiger charge is -2.20. The Morgan fingerprint density at radius 3 is 3.00 bits per heavy atom. The molecule has 2 heterocycles. The van der Waals surface area contributed by atoms with Crippen molar-refractivity contribution in [3.63, 3.8) is 0 Å². The lowest BCUT2D eigenvalue weighted by Crippen LogP contribution is -2.25. The van der Waals surface area contributed by atoms with Crippen LogP contribution in [0, 0.1) is 0 Å². The molecule has 0 aliphatic carbocycles. The van der Waals surface area contributed by atoms with Crippen LogP contribution >= 0.6 is 0 Å². The zero-order valence-electron chi connectivity index (χ0n) is 10.8. The number of nitrogens with two attached hydrogens (primary N) is 1. The summed E-state index contributed by atoms with van der Waals surface area (Å²) in [5.74, 6) is -0.249. The Bertz CT molecular complexity index is 717. The van der Waals surface area contributed by atoms with Crippen molar-refractivity contribution in [2.24, 2.45) is 0 Å². The fourth-order valence-electron chi connectivity index (χ4n) is 1.85. The van der Waals surface area contributed by atoms with Crippen LogP contribution in [0.15, 0.2) is 30.7 Å². The maximum Gasteiger partial charge on any atom is 0.275 e. The molecule has 4 N–H and O–H groups in total. The quantitative estimate of drug-likeness (QED) is 0.697. The maximum absolute atomic E-state index is 12.0. The number of aromatic nitrogens is 2. The predicted molar refractivity (Wildman–Crippen MR) is 75.0 cm³/mol. The van der Waals surface area contributed by atoms with E-state index in [0.717, 1.165) is 0 Å². The number of nitrogens with one attached hydrogen (secondary N) is 2. The molecule has 1 aliphatic rings. The van der Waals surface area contributed by atoms with Crippen molar-refractivity contribution in [2.45, 2.75) is 0 Å². The minimum absolute atomic E-state index is 0.0578. The number of carbonyl (C=O) groups excluding carboxylic acids is 2. The number of nitrogen functional groups attached to an aromatic ring is 1. The molecule has 0 radical (unpaired) electrons. The van der Waals surface area contributed by atoms with E-state index in [9.17, 15) is 9.59 Å². The monoisotopic (exact) mass is 285 g/mol. The first kappa shape index (κ1) is 12.9. The van der Waals surface area contributed by atoms with Crippen molar-refractivity contribution in [3.8, 4) is 5.75 Å². The molecule has 1 aromatic heterocycles. The highest BCUT2D eigenvalue weighted by Gasteiger charge is 2.19. The van der Waals surface area contributed by atoms with Crippen LogP contribution in [0.25, 0.3) is 0 Å². The molecule has 0 atom stereocenters. The Labute approximate surface area is 119 Å². The summed E-state index contributed by atoms with van der Waals surface area (Å²) in [6.45, 7) is -0.0578. The molecule has 0 bridgehead atoms. The first-order valence-electron chi connectivity index (χ1n) is 6.07. The molecule has 1 aromatic carbocycles. The third-order valence-corrected chi connectivity index (χ3v) is 2.83. The minimum Gasteiger partial charge on any atom is -0.482 e. The van der Waals surface area contributed by atoms with Gasteiger partial charge in [-0.15, -0.1) is 0 Å². The molecule has 2 amide bonds. The Kier molecular flexibility index (Phi) is 3.11. The Morgan fingerprint density at radius 1 is 1.38 bits per heavy atom. The van der Waals surface area contributed by atoms with Gasteiger partial charge in [0.25, 0.3) is 11.8 Å². The average Bonchev–Trinajstić information content (AvgIpc) is 2.49. The summed E-state index contributed by atoms with van der Waals surface area (Å²) in [6.07, 6.45) is 4.23. The molecule has 0 saturated carbocycles. The van der Waals surface area contributed by atoms with E-state index in [2.05, 4.69) is 20.6 Å². The summed E-state index contributed by atoms with van der Waals surface area (Å²) in [5.41, 5.74) is 7.16. The van der Waals surface area contributed by atoms with Gasteiger partial charge in [-0.3, -0.25) is 14.6 Å². The first-order valence-corrected chi connectivity index (χ1v) is 6.07. The van der Waals surface area contributed by atoms with E-state index >= 15 is 0 Å². The molecular formula is C13H11N5O3. The molecule has 0 fully saturated rings. The lowest BCUT2D eigenvalue weighted by molar-refractivity contribution is -0.118. The fraction of sp³-hybridized carbons (Fsp3) is 0.0769. The van der Waals surface area contributed by atoms with E-state index < -0.39 is 5.91 Å². The molecule has 8 heteroatoms. The molecule has 0 saturated heterocycles. The molecule has 8 nitrogen and oxygen atoms in total. The van der Waals surface area contributed by atoms with Gasteiger partial charge in [-0.2, -0.15) is 0 Å². The average molecular weight is 285 g/mol. The molecule has 3 rings (SSSR count). The van der Waals surface area contributed by atoms with Crippen molar-refractivity contribution in [3.05, 3.63) is 36.4 Å². The van der Waals surface area contributed by atoms with Crippen LogP contribution in [0.3, 0.4) is 0 Å². The van der Waals surface area contributed by atoms with E-state index in [-0.39, 0.29) is 18.2 Å². The van der Waals surface area contributed by atoms with E-state index in [0.29, 0.717) is 22.8 Å². The number of carbonyl (C=O) groups is 2. The van der Waals surface area contributed by atoms with Crippen molar-refractivity contribution >= 4 is 28.9 Å². The smallest absolute Gasteiger partial charge is 0.275 e. The van der Waals surface area contributed by atoms with Gasteiger partial charge in [-0.1, -0.05) is 0 Å². The van der Waals surface area contributed by atoms with Gasteiger partial charge >= 0.3 is 0 Å². The normalized spacial score (nSPS) is 12.9. The summed E-state index contributed by atoms with van der Waals surface area (Å²) in [4.78, 5) is 31.0. The summed E-state index contributed by atoms with van der Waals surface area (Å²) in [6, 6.07) is 3.08. The van der Waals surface area contributed by atoms with E-state index in [4.69, 9.17) is 10.5 Å². The maximum atomic E-state index is 12.0. The van der Waals surface area contributed by atoms with Gasteiger partial charge in [0.05, 0.1) is 23.3 Å². The molecule has 0 unspecified atom stereocenters. The Morgan fingerprint density at radius 2 is 2.24 bits per heavy atom. The zero-order valence-corrected chi connectivity index (χ0v) is 10.8. The lowest BCUT2D eigenvalue weighted by atomic mass is 10.2. The zero-order chi connectivity index (χ0) is 14.8. The van der Waals surface area contributed by atoms with Gasteiger partial charge in [0, 0.05) is 18.5 Å². The van der Waals surface area contributed by atoms with Gasteiger partial charge in [0.1, 0.15) is 11.4 Å². The molecular weight excluding hydrogens is 274 g/mol. The number of benzene rings is 1. The molecule has 1 aliphatic heterocycles. The van der Waals surface area contributed by atoms with Crippen LogP contribution in [0.4, 0.5) is 17.1 Å². The van der Waals surface area contributed by atoms with Crippen LogP contribution in [0.1, 0.15) is 10.5 Å². The van der Waals surface area contributed by atoms with Gasteiger partial charge in [-0.25, -0.2) is 4.98 Å². The van der Waals surface area contributed by atoms with E-state index in [1.165, 1.54) is 24.7 Å². The van der Waals surface area contributed by atoms with E-state index in [1.807, 2.05) is 0 Å². The number of hydrogen-bond donors (Lipinski definition) is 3. The summed E-state index contributed by atoms with van der Waals surface area (Å²) in [7, 11) is 0. The van der Waals surface area contributed by atoms with Crippen LogP contribution in [-0.4, -0.2) is 28.4 Å². The largest absolute Gasteiger partial charge is 0.482 e. The number of hydrogen-bond acceptors (Lipinski definition) is 6. The number of nitrogens with zero attached hydrogens (tertiary/aromatic N) is 2. The third-order valence-electron chi connectivity index (χ3n) is 2.83. The number of amides is 2. The summed E-state index contributed by atoms with van der Waals surface area (Å²) >= 11 is 0. The Balaban J connectivity index is 1.87. The highest BCUT2D eigenvalue weighted by molar-refractivity contribution is 6.05. The molecule has 106 valence electrons. The van der Waals surface area contributed by atoms with Crippen LogP contribution < -0.4 is 21.1 Å². The number of anilines is 3. The van der Waals surface area contributed by atoms with Gasteiger partial charge in [0.15, 0.2) is 6.61 Å². The van der Waals surface area contributed by atoms with Crippen LogP contribution in [0.5, 0.6) is 5.75 Å². The number of fused-ring (bicyclic) bond motifs is 1. The predicted octanol–water partition coefficient (Wildman–Crippen LogP) is 0.642. The summed E-state index contributed by atoms with van der Waals surface area (Å²) < 4.78 is 5.23. The van der Waals surface area contributed by atoms with Crippen molar-refractivity contribution in [1.82, 2.24) is 9.97 Å². The highest BCUT2D eigenvalue weighted by atomic mass is 16.5. The third kappa shape index (κ3) is 2.59. The van der Waals surface area contributed by atoms with Crippen LogP contribution in [-0.2, 0) is 4.79 Å². The second-order valence-corrected chi connectivity index (χ2v) is 4.32. The second-order valence-electron chi connectivity index (χ2n) is 4.32. The molecule has 21 heavy (non-hydrogen) atoms. The van der Waals surface area contributed by atoms with Crippen molar-refractivity contribution in [2.75, 3.05) is 23.0 Å². The topological polar surface area (TPSA) is 119 Å². The number of rotatable bonds is 2. The van der Waals surface area contributed by atoms with E-state index in [1.54, 1.807) is 6.07 Å². The SMILES string of the molecule is Nc1cc2c(cc1NC(=O)c1cnccn1)NC(=O)CO2. The second kappa shape index (κ2) is 5.08. The standard InChI is InChI=1S/C13H11N5O3/c14-7-3-11-9(17-12(19)6-21-11)4-8(7)18-13(20)10-5-15-1-2-16-10/h1-5H,6,14H2,(H,17,19)(H,18,20). The first-order chi connectivity index (χ1) is 10.1. The Hall–Kier alpha value is -3.16. The molecule has 2 aromatic rings. The minimum atomic E-state index is -0.446. The van der Waals surface area contributed by atoms with Gasteiger partial charge < -0.3 is 21.1 Å². The highest BCUT2D eigenvalue weighted by Crippen LogP contribution is 2.35. The van der Waals surface area contributed by atoms with Crippen molar-refractivity contribution in [1.29, 1.82) is 0 Å². The number of ether oxygens (including phenoxy) is 1. The fourth-order valence-corrected chi connectivity index (χ4v) is 1.85. The van der Waals surface area contributed by atoms with Crippen molar-refractivity contribution < 1.29 is 14.3 Å². The van der Waals surface area contributed by atoms with Crippen LogP contribution in [0.2, 0.25) is 0 Å². The van der Waals surface area contributed by atoms with Gasteiger partial charge in [-0.05, 0) is 6.07 Å². The summed E-state index contributed by atoms with van der Waals surface area (Å²) in [5, 5.41) is 5.26. The van der Waals surface area contributed by atoms with Gasteiger partial charge in [0.2, 0.25) is 0 Å². The molecule has 0 spiro atoms.